The Kier molecular flexibility index (Phi) is 16.7. The summed E-state index contributed by atoms with van der Waals surface area (Å²) in [5, 5.41) is 0. The van der Waals surface area contributed by atoms with Crippen LogP contribution >= 0.6 is 0 Å². The van der Waals surface area contributed by atoms with Crippen LogP contribution in [0.4, 0.5) is 4.39 Å². The number of aromatic amines is 1. The molecule has 4 aliphatic rings. The zero-order valence-corrected chi connectivity index (χ0v) is 34.7. The molecule has 2 unspecified atom stereocenters. The van der Waals surface area contributed by atoms with Crippen LogP contribution < -0.4 is 20.9 Å². The Morgan fingerprint density at radius 1 is 0.717 bits per heavy atom. The van der Waals surface area contributed by atoms with E-state index < -0.39 is 7.15 Å². The summed E-state index contributed by atoms with van der Waals surface area (Å²) in [6, 6.07) is 11.5. The van der Waals surface area contributed by atoms with Gasteiger partial charge in [-0.25, -0.2) is 9.59 Å². The van der Waals surface area contributed by atoms with Crippen molar-refractivity contribution >= 4 is 34.0 Å². The number of fused-ring (bicyclic) bond motifs is 2. The second-order valence-electron chi connectivity index (χ2n) is 16.1. The van der Waals surface area contributed by atoms with E-state index in [0.29, 0.717) is 24.9 Å². The Morgan fingerprint density at radius 2 is 1.20 bits per heavy atom. The number of methoxy groups -OCH3 is 2. The minimum atomic E-state index is -1.00. The molecule has 0 radical (unpaired) electrons. The summed E-state index contributed by atoms with van der Waals surface area (Å²) >= 11 is 0. The van der Waals surface area contributed by atoms with Gasteiger partial charge in [0.2, 0.25) is 0 Å². The molecule has 60 heavy (non-hydrogen) atoms. The average molecular weight is 842 g/mol. The zero-order chi connectivity index (χ0) is 42.6. The van der Waals surface area contributed by atoms with E-state index in [9.17, 15) is 23.6 Å². The van der Waals surface area contributed by atoms with Gasteiger partial charge in [0.1, 0.15) is 11.5 Å². The first-order valence-electron chi connectivity index (χ1n) is 21.8. The van der Waals surface area contributed by atoms with Crippen LogP contribution in [0.15, 0.2) is 46.0 Å². The van der Waals surface area contributed by atoms with E-state index in [4.69, 9.17) is 29.8 Å². The van der Waals surface area contributed by atoms with Gasteiger partial charge in [0, 0.05) is 45.1 Å². The maximum atomic E-state index is 12.9. The van der Waals surface area contributed by atoms with Crippen LogP contribution in [0.5, 0.6) is 11.5 Å². The summed E-state index contributed by atoms with van der Waals surface area (Å²) in [5.41, 5.74) is 3.34. The van der Waals surface area contributed by atoms with Crippen molar-refractivity contribution in [3.05, 3.63) is 57.4 Å². The second-order valence-corrected chi connectivity index (χ2v) is 16.1. The molecule has 1 N–H and O–H groups in total. The quantitative estimate of drug-likeness (QED) is 0.158. The Bertz CT molecular complexity index is 2120. The molecule has 2 aromatic carbocycles. The molecule has 4 heterocycles. The molecule has 2 aromatic heterocycles. The lowest BCUT2D eigenvalue weighted by Crippen LogP contribution is -2.29. The largest absolute Gasteiger partial charge is 0.469 e. The number of alkyl halides is 1. The monoisotopic (exact) mass is 841 g/mol. The van der Waals surface area contributed by atoms with E-state index in [2.05, 4.69) is 4.98 Å². The van der Waals surface area contributed by atoms with Crippen molar-refractivity contribution in [3.63, 3.8) is 0 Å². The third-order valence-corrected chi connectivity index (χ3v) is 12.3. The lowest BCUT2D eigenvalue weighted by molar-refractivity contribution is -0.147. The van der Waals surface area contributed by atoms with Gasteiger partial charge in [-0.2, -0.15) is 0 Å². The van der Waals surface area contributed by atoms with Gasteiger partial charge in [0.05, 0.1) is 69.9 Å². The Balaban J connectivity index is 0.000000214. The van der Waals surface area contributed by atoms with Crippen molar-refractivity contribution in [2.24, 2.45) is 30.7 Å². The lowest BCUT2D eigenvalue weighted by Gasteiger charge is -2.27. The third-order valence-electron chi connectivity index (χ3n) is 12.3. The smallest absolute Gasteiger partial charge is 0.328 e. The van der Waals surface area contributed by atoms with Gasteiger partial charge in [0.25, 0.3) is 0 Å². The molecular formula is C45H65FN4O10. The van der Waals surface area contributed by atoms with Crippen molar-refractivity contribution in [2.45, 2.75) is 123 Å². The highest BCUT2D eigenvalue weighted by Gasteiger charge is 2.29. The van der Waals surface area contributed by atoms with Crippen molar-refractivity contribution in [1.29, 1.82) is 0 Å². The van der Waals surface area contributed by atoms with Crippen molar-refractivity contribution in [3.8, 4) is 11.5 Å². The minimum Gasteiger partial charge on any atom is -0.469 e. The summed E-state index contributed by atoms with van der Waals surface area (Å²) in [4.78, 5) is 51.8. The first kappa shape index (κ1) is 44.9. The summed E-state index contributed by atoms with van der Waals surface area (Å²) in [6.45, 7) is 2.77. The van der Waals surface area contributed by atoms with Crippen LogP contribution in [0.3, 0.4) is 0 Å². The van der Waals surface area contributed by atoms with Gasteiger partial charge in [0.15, 0.2) is 12.6 Å². The number of aromatic nitrogens is 4. The minimum absolute atomic E-state index is 0. The Morgan fingerprint density at radius 3 is 1.68 bits per heavy atom. The number of aryl methyl sites for hydroxylation is 1. The third kappa shape index (κ3) is 11.4. The number of hydrogen-bond acceptors (Lipinski definition) is 10. The van der Waals surface area contributed by atoms with Crippen LogP contribution in [0.25, 0.3) is 22.1 Å². The maximum Gasteiger partial charge on any atom is 0.328 e. The van der Waals surface area contributed by atoms with Gasteiger partial charge in [-0.15, -0.1) is 0 Å². The first-order chi connectivity index (χ1) is 29.1. The predicted octanol–water partition coefficient (Wildman–Crippen LogP) is 7.66. The van der Waals surface area contributed by atoms with Gasteiger partial charge < -0.3 is 33.4 Å². The van der Waals surface area contributed by atoms with Crippen molar-refractivity contribution in [1.82, 2.24) is 18.7 Å². The fourth-order valence-electron chi connectivity index (χ4n) is 8.95. The lowest BCUT2D eigenvalue weighted by atomic mass is 9.82. The van der Waals surface area contributed by atoms with E-state index in [1.807, 2.05) is 41.0 Å². The number of benzene rings is 2. The van der Waals surface area contributed by atoms with Crippen LogP contribution in [0, 0.1) is 23.7 Å². The molecule has 8 rings (SSSR count). The molecule has 4 fully saturated rings. The predicted molar refractivity (Wildman–Crippen MR) is 227 cm³/mol. The van der Waals surface area contributed by atoms with Gasteiger partial charge in [-0.3, -0.25) is 27.7 Å². The molecule has 0 bridgehead atoms. The van der Waals surface area contributed by atoms with Gasteiger partial charge in [-0.1, -0.05) is 7.43 Å². The van der Waals surface area contributed by atoms with E-state index in [0.717, 1.165) is 137 Å². The number of carbonyl (C=O) groups is 2. The summed E-state index contributed by atoms with van der Waals surface area (Å²) in [5.74, 6) is 1.98. The molecule has 0 spiro atoms. The van der Waals surface area contributed by atoms with Crippen LogP contribution in [-0.2, 0) is 48.7 Å². The van der Waals surface area contributed by atoms with Crippen molar-refractivity contribution < 1.29 is 43.8 Å². The molecule has 2 atom stereocenters. The fourth-order valence-corrected chi connectivity index (χ4v) is 8.95. The van der Waals surface area contributed by atoms with E-state index in [1.54, 1.807) is 16.2 Å². The number of H-pyrrole nitrogens is 1. The molecule has 0 amide bonds. The summed E-state index contributed by atoms with van der Waals surface area (Å²) in [7, 11) is 3.69. The van der Waals surface area contributed by atoms with Crippen LogP contribution in [0.2, 0.25) is 0 Å². The number of nitrogens with one attached hydrogen (secondary N) is 1. The molecule has 332 valence electrons. The first-order valence-corrected chi connectivity index (χ1v) is 21.1. The molecular weight excluding hydrogens is 776 g/mol. The molecule has 15 heteroatoms. The highest BCUT2D eigenvalue weighted by molar-refractivity contribution is 5.78. The van der Waals surface area contributed by atoms with Crippen LogP contribution in [-0.4, -0.2) is 77.8 Å². The standard InChI is InChI=1S/C22H30N2O5.C21H28N2O5.CH3F.CH4/c1-23-18-11-10-17(29-20-5-3-4-12-28-20)13-19(18)24(22(23)26)14-15-6-8-16(9-7-15)21(25)27-2;1-26-20(24)15-7-5-14(6-8-15)13-23-18-12-16(9-10-17(18)22-21(23)25)28-19-4-2-3-11-27-19;1-2;/h10-11,13,15-16,20H,3-9,12,14H2,1-2H3;9-10,12,14-15,19H,2-8,11,13H2,1H3,(H,22,25);1H3;1H4/i;;1D;. The van der Waals surface area contributed by atoms with E-state index >= 15 is 0 Å². The number of hydrogen-bond donors (Lipinski definition) is 1. The topological polar surface area (TPSA) is 154 Å². The summed E-state index contributed by atoms with van der Waals surface area (Å²) < 4.78 is 53.9. The zero-order valence-electron chi connectivity index (χ0n) is 35.7. The second kappa shape index (κ2) is 22.3. The highest BCUT2D eigenvalue weighted by Crippen LogP contribution is 2.33. The molecule has 4 aromatic rings. The SMILES string of the molecule is C.COC(=O)C1CCC(Cn2c(=O)[nH]c3ccc(OC4CCCCO4)cc32)CC1.COC(=O)C1CCC(Cn2c(=O)n(C)c3ccc(OC4CCCCO4)cc32)CC1.[2H]CF. The number of nitrogens with zero attached hydrogens (tertiary/aromatic N) is 3. The number of rotatable bonds is 10. The van der Waals surface area contributed by atoms with Gasteiger partial charge in [-0.05, 0) is 113 Å². The van der Waals surface area contributed by atoms with E-state index in [-0.39, 0.29) is 55.2 Å². The van der Waals surface area contributed by atoms with Crippen LogP contribution in [0.1, 0.15) is 98.7 Å². The summed E-state index contributed by atoms with van der Waals surface area (Å²) in [6.07, 6.45) is 12.7. The molecule has 2 aliphatic heterocycles. The number of imidazole rings is 2. The molecule has 14 nitrogen and oxygen atoms in total. The Hall–Kier alpha value is -4.63. The highest BCUT2D eigenvalue weighted by atomic mass is 19.1. The number of halogens is 1. The normalized spacial score (nSPS) is 24.4. The maximum absolute atomic E-state index is 12.9. The fraction of sp³-hybridized carbons (Fsp3) is 0.644. The van der Waals surface area contributed by atoms with E-state index in [1.165, 1.54) is 14.2 Å². The van der Waals surface area contributed by atoms with Gasteiger partial charge >= 0.3 is 23.3 Å². The molecule has 2 saturated carbocycles. The molecule has 2 aliphatic carbocycles. The number of esters is 2. The van der Waals surface area contributed by atoms with Crippen molar-refractivity contribution in [2.75, 3.05) is 34.6 Å². The average Bonchev–Trinajstić information content (AvgIpc) is 3.71. The molecule has 2 saturated heterocycles. The Labute approximate surface area is 353 Å². The number of ether oxygens (including phenoxy) is 6. The number of carbonyl (C=O) groups excluding carboxylic acids is 2.